The fourth-order valence-electron chi connectivity index (χ4n) is 1.72. The van der Waals surface area contributed by atoms with E-state index in [-0.39, 0.29) is 24.1 Å². The molecule has 0 spiro atoms. The Morgan fingerprint density at radius 3 is 2.79 bits per heavy atom. The van der Waals surface area contributed by atoms with Gasteiger partial charge in [-0.1, -0.05) is 10.8 Å². The van der Waals surface area contributed by atoms with Crippen molar-refractivity contribution >= 4 is 22.5 Å². The molecule has 8 heteroatoms. The molecule has 0 radical (unpaired) electrons. The second kappa shape index (κ2) is 4.13. The van der Waals surface area contributed by atoms with Crippen molar-refractivity contribution in [2.75, 3.05) is 13.2 Å². The lowest BCUT2D eigenvalue weighted by atomic mass is 10.1. The third kappa shape index (κ3) is 1.79. The first-order valence-electron chi connectivity index (χ1n) is 4.07. The molecule has 0 aliphatic carbocycles. The van der Waals surface area contributed by atoms with E-state index in [4.69, 9.17) is 9.47 Å². The van der Waals surface area contributed by atoms with Crippen molar-refractivity contribution < 1.29 is 19.4 Å². The standard InChI is InChI=1S/C6H9NO5S2/c8-7(9)12-3-1-10-6-4(14-13)2-11-5(3)6/h3-6,13H,1-2H2/t3?,4?,5-,6-/m1/s1. The Morgan fingerprint density at radius 2 is 2.14 bits per heavy atom. The van der Waals surface area contributed by atoms with Crippen LogP contribution in [0, 0.1) is 10.1 Å². The molecule has 2 unspecified atom stereocenters. The normalized spacial score (nSPS) is 40.9. The van der Waals surface area contributed by atoms with Crippen molar-refractivity contribution in [1.82, 2.24) is 0 Å². The van der Waals surface area contributed by atoms with Crippen LogP contribution in [-0.2, 0) is 14.3 Å². The maximum absolute atomic E-state index is 10.1. The highest BCUT2D eigenvalue weighted by molar-refractivity contribution is 8.68. The molecule has 0 aromatic heterocycles. The molecule has 0 N–H and O–H groups in total. The lowest BCUT2D eigenvalue weighted by Crippen LogP contribution is -2.33. The second-order valence-electron chi connectivity index (χ2n) is 3.11. The minimum atomic E-state index is -0.805. The van der Waals surface area contributed by atoms with Gasteiger partial charge in [0, 0.05) is 0 Å². The molecule has 2 aliphatic heterocycles. The van der Waals surface area contributed by atoms with Crippen molar-refractivity contribution in [3.63, 3.8) is 0 Å². The topological polar surface area (TPSA) is 70.8 Å². The fraction of sp³-hybridized carbons (Fsp3) is 1.00. The van der Waals surface area contributed by atoms with Crippen LogP contribution >= 0.6 is 22.5 Å². The summed E-state index contributed by atoms with van der Waals surface area (Å²) in [6.07, 6.45) is -1.06. The Balaban J connectivity index is 1.97. The summed E-state index contributed by atoms with van der Waals surface area (Å²) in [5.41, 5.74) is 0. The van der Waals surface area contributed by atoms with E-state index in [1.165, 1.54) is 10.8 Å². The molecule has 0 saturated carbocycles. The van der Waals surface area contributed by atoms with E-state index >= 15 is 0 Å². The second-order valence-corrected chi connectivity index (χ2v) is 4.56. The monoisotopic (exact) mass is 239 g/mol. The smallest absolute Gasteiger partial charge is 0.294 e. The van der Waals surface area contributed by atoms with Crippen LogP contribution in [0.4, 0.5) is 0 Å². The largest absolute Gasteiger partial charge is 0.372 e. The van der Waals surface area contributed by atoms with Gasteiger partial charge in [0.1, 0.15) is 12.2 Å². The van der Waals surface area contributed by atoms with E-state index in [1.807, 2.05) is 0 Å². The van der Waals surface area contributed by atoms with Crippen LogP contribution < -0.4 is 0 Å². The van der Waals surface area contributed by atoms with Gasteiger partial charge < -0.3 is 14.3 Å². The van der Waals surface area contributed by atoms with Gasteiger partial charge in [-0.3, -0.25) is 0 Å². The molecule has 0 aromatic rings. The summed E-state index contributed by atoms with van der Waals surface area (Å²) < 4.78 is 10.7. The number of ether oxygens (including phenoxy) is 2. The number of hydrogen-bond donors (Lipinski definition) is 1. The highest BCUT2D eigenvalue weighted by Gasteiger charge is 2.49. The van der Waals surface area contributed by atoms with Crippen LogP contribution in [0.15, 0.2) is 0 Å². The first kappa shape index (κ1) is 10.3. The number of fused-ring (bicyclic) bond motifs is 1. The molecule has 0 amide bonds. The van der Waals surface area contributed by atoms with Crippen molar-refractivity contribution in [3.05, 3.63) is 10.1 Å². The summed E-state index contributed by atoms with van der Waals surface area (Å²) >= 11 is 4.08. The first-order valence-corrected chi connectivity index (χ1v) is 6.00. The molecule has 2 fully saturated rings. The predicted molar refractivity (Wildman–Crippen MR) is 51.7 cm³/mol. The molecule has 80 valence electrons. The van der Waals surface area contributed by atoms with Gasteiger partial charge in [-0.15, -0.1) is 21.8 Å². The fourth-order valence-corrected chi connectivity index (χ4v) is 2.76. The quantitative estimate of drug-likeness (QED) is 0.331. The maximum atomic E-state index is 10.1. The highest BCUT2D eigenvalue weighted by Crippen LogP contribution is 2.36. The zero-order valence-corrected chi connectivity index (χ0v) is 8.78. The van der Waals surface area contributed by atoms with Crippen LogP contribution in [0.2, 0.25) is 0 Å². The van der Waals surface area contributed by atoms with Crippen molar-refractivity contribution in [1.29, 1.82) is 0 Å². The number of rotatable bonds is 3. The van der Waals surface area contributed by atoms with Gasteiger partial charge in [-0.25, -0.2) is 0 Å². The molecular weight excluding hydrogens is 230 g/mol. The molecule has 4 atom stereocenters. The minimum absolute atomic E-state index is 0.128. The van der Waals surface area contributed by atoms with Gasteiger partial charge in [0.15, 0.2) is 6.10 Å². The predicted octanol–water partition coefficient (Wildman–Crippen LogP) is 0.307. The van der Waals surface area contributed by atoms with Crippen LogP contribution in [0.5, 0.6) is 0 Å². The SMILES string of the molecule is O=[N+]([O-])OC1CO[C@@H]2C(SS)CO[C@H]12. The molecular formula is C6H9NO5S2. The van der Waals surface area contributed by atoms with Gasteiger partial charge in [-0.2, -0.15) is 0 Å². The van der Waals surface area contributed by atoms with Crippen molar-refractivity contribution in [3.8, 4) is 0 Å². The molecule has 2 saturated heterocycles. The van der Waals surface area contributed by atoms with E-state index in [2.05, 4.69) is 16.5 Å². The Kier molecular flexibility index (Phi) is 3.05. The highest BCUT2D eigenvalue weighted by atomic mass is 33.1. The van der Waals surface area contributed by atoms with Crippen molar-refractivity contribution in [2.45, 2.75) is 23.6 Å². The van der Waals surface area contributed by atoms with E-state index in [0.717, 1.165) is 0 Å². The number of thiol groups is 1. The molecule has 14 heavy (non-hydrogen) atoms. The average molecular weight is 239 g/mol. The minimum Gasteiger partial charge on any atom is -0.372 e. The van der Waals surface area contributed by atoms with Crippen molar-refractivity contribution in [2.24, 2.45) is 0 Å². The summed E-state index contributed by atoms with van der Waals surface area (Å²) in [6.45, 7) is 0.711. The summed E-state index contributed by atoms with van der Waals surface area (Å²) in [4.78, 5) is 14.6. The van der Waals surface area contributed by atoms with Gasteiger partial charge >= 0.3 is 0 Å². The summed E-state index contributed by atoms with van der Waals surface area (Å²) in [6, 6.07) is 0. The van der Waals surface area contributed by atoms with Crippen LogP contribution in [-0.4, -0.2) is 41.9 Å². The zero-order valence-electron chi connectivity index (χ0n) is 7.07. The van der Waals surface area contributed by atoms with E-state index in [9.17, 15) is 10.1 Å². The van der Waals surface area contributed by atoms with E-state index < -0.39 is 11.2 Å². The first-order chi connectivity index (χ1) is 6.72. The van der Waals surface area contributed by atoms with Gasteiger partial charge in [0.2, 0.25) is 0 Å². The van der Waals surface area contributed by atoms with E-state index in [0.29, 0.717) is 6.61 Å². The number of nitrogens with zero attached hydrogens (tertiary/aromatic N) is 1. The molecule has 0 bridgehead atoms. The summed E-state index contributed by atoms with van der Waals surface area (Å²) in [5, 5.41) is 9.47. The molecule has 2 heterocycles. The Labute approximate surface area is 89.2 Å². The molecule has 2 rings (SSSR count). The summed E-state index contributed by atoms with van der Waals surface area (Å²) in [5.74, 6) is 0. The van der Waals surface area contributed by atoms with Crippen LogP contribution in [0.3, 0.4) is 0 Å². The Hall–Kier alpha value is -0.180. The Morgan fingerprint density at radius 1 is 1.43 bits per heavy atom. The summed E-state index contributed by atoms with van der Waals surface area (Å²) in [7, 11) is 1.35. The van der Waals surface area contributed by atoms with E-state index in [1.54, 1.807) is 0 Å². The van der Waals surface area contributed by atoms with Gasteiger partial charge in [0.05, 0.1) is 18.5 Å². The third-order valence-electron chi connectivity index (χ3n) is 2.32. The average Bonchev–Trinajstić information content (AvgIpc) is 2.67. The van der Waals surface area contributed by atoms with Gasteiger partial charge in [0.25, 0.3) is 5.09 Å². The van der Waals surface area contributed by atoms with Crippen LogP contribution in [0.1, 0.15) is 0 Å². The van der Waals surface area contributed by atoms with Crippen LogP contribution in [0.25, 0.3) is 0 Å². The molecule has 2 aliphatic rings. The van der Waals surface area contributed by atoms with Gasteiger partial charge in [-0.05, 0) is 0 Å². The molecule has 0 aromatic carbocycles. The lowest BCUT2D eigenvalue weighted by Gasteiger charge is -2.13. The third-order valence-corrected chi connectivity index (χ3v) is 3.81. The lowest BCUT2D eigenvalue weighted by molar-refractivity contribution is -0.769. The Bertz CT molecular complexity index is 240. The maximum Gasteiger partial charge on any atom is 0.294 e. The zero-order chi connectivity index (χ0) is 10.1. The molecule has 6 nitrogen and oxygen atoms in total. The number of hydrogen-bond acceptors (Lipinski definition) is 7.